The molecule has 1 aromatic rings. The summed E-state index contributed by atoms with van der Waals surface area (Å²) in [5.41, 5.74) is 0.860. The molecule has 6 heteroatoms. The van der Waals surface area contributed by atoms with Gasteiger partial charge in [-0.15, -0.1) is 0 Å². The molecule has 1 aromatic heterocycles. The fraction of sp³-hybridized carbons (Fsp3) is 0.588. The number of rotatable bonds is 4. The van der Waals surface area contributed by atoms with E-state index in [1.54, 1.807) is 6.20 Å². The van der Waals surface area contributed by atoms with E-state index in [0.717, 1.165) is 11.4 Å². The van der Waals surface area contributed by atoms with Crippen molar-refractivity contribution in [3.8, 4) is 0 Å². The normalized spacial score (nSPS) is 21.0. The first-order valence-electron chi connectivity index (χ1n) is 7.88. The summed E-state index contributed by atoms with van der Waals surface area (Å²) in [7, 11) is 3.84. The SMILES string of the molecule is CN(C)c1cc(CNC(=O)[C@@H]2C(=O)NC[C@H]2C(C)(C)C)ccn1. The number of amides is 2. The Balaban J connectivity index is 2.04. The summed E-state index contributed by atoms with van der Waals surface area (Å²) < 4.78 is 0. The highest BCUT2D eigenvalue weighted by molar-refractivity contribution is 6.02. The Kier molecular flexibility index (Phi) is 4.92. The number of carbonyl (C=O) groups excluding carboxylic acids is 2. The van der Waals surface area contributed by atoms with E-state index in [2.05, 4.69) is 36.4 Å². The Morgan fingerprint density at radius 3 is 2.74 bits per heavy atom. The molecule has 0 aliphatic carbocycles. The lowest BCUT2D eigenvalue weighted by Crippen LogP contribution is -2.40. The first kappa shape index (κ1) is 17.2. The van der Waals surface area contributed by atoms with E-state index in [4.69, 9.17) is 0 Å². The van der Waals surface area contributed by atoms with Gasteiger partial charge in [-0.05, 0) is 23.1 Å². The summed E-state index contributed by atoms with van der Waals surface area (Å²) >= 11 is 0. The number of pyridine rings is 1. The van der Waals surface area contributed by atoms with Gasteiger partial charge in [-0.3, -0.25) is 9.59 Å². The monoisotopic (exact) mass is 318 g/mol. The minimum atomic E-state index is -0.620. The molecule has 6 nitrogen and oxygen atoms in total. The molecule has 0 saturated carbocycles. The van der Waals surface area contributed by atoms with Crippen molar-refractivity contribution in [2.45, 2.75) is 27.3 Å². The predicted molar refractivity (Wildman–Crippen MR) is 89.9 cm³/mol. The zero-order chi connectivity index (χ0) is 17.2. The van der Waals surface area contributed by atoms with Crippen LogP contribution in [0.15, 0.2) is 18.3 Å². The molecule has 0 aromatic carbocycles. The van der Waals surface area contributed by atoms with E-state index in [1.165, 1.54) is 0 Å². The standard InChI is InChI=1S/C17H26N4O2/c1-17(2,3)12-10-20-16(23)14(12)15(22)19-9-11-6-7-18-13(8-11)21(4)5/h6-8,12,14H,9-10H2,1-5H3,(H,19,22)(H,20,23)/t12-,14-/m1/s1. The van der Waals surface area contributed by atoms with Crippen LogP contribution in [0.4, 0.5) is 5.82 Å². The second kappa shape index (κ2) is 6.56. The number of nitrogens with one attached hydrogen (secondary N) is 2. The zero-order valence-corrected chi connectivity index (χ0v) is 14.5. The topological polar surface area (TPSA) is 74.3 Å². The molecule has 0 radical (unpaired) electrons. The van der Waals surface area contributed by atoms with Gasteiger partial charge >= 0.3 is 0 Å². The molecule has 1 aliphatic heterocycles. The summed E-state index contributed by atoms with van der Waals surface area (Å²) in [6.45, 7) is 7.13. The average Bonchev–Trinajstić information content (AvgIpc) is 2.87. The van der Waals surface area contributed by atoms with Gasteiger partial charge < -0.3 is 15.5 Å². The minimum Gasteiger partial charge on any atom is -0.363 e. The number of anilines is 1. The average molecular weight is 318 g/mol. The fourth-order valence-electron chi connectivity index (χ4n) is 2.84. The van der Waals surface area contributed by atoms with Crippen LogP contribution in [0.5, 0.6) is 0 Å². The van der Waals surface area contributed by atoms with Crippen molar-refractivity contribution >= 4 is 17.6 Å². The maximum absolute atomic E-state index is 12.5. The summed E-state index contributed by atoms with van der Waals surface area (Å²) in [5.74, 6) is -0.160. The molecule has 0 unspecified atom stereocenters. The third kappa shape index (κ3) is 4.00. The Labute approximate surface area is 137 Å². The lowest BCUT2D eigenvalue weighted by molar-refractivity contribution is -0.135. The van der Waals surface area contributed by atoms with E-state index in [-0.39, 0.29) is 23.1 Å². The molecular formula is C17H26N4O2. The highest BCUT2D eigenvalue weighted by Crippen LogP contribution is 2.35. The molecule has 1 aliphatic rings. The molecule has 2 N–H and O–H groups in total. The van der Waals surface area contributed by atoms with Gasteiger partial charge in [0, 0.05) is 39.3 Å². The first-order valence-corrected chi connectivity index (χ1v) is 7.88. The van der Waals surface area contributed by atoms with Crippen molar-refractivity contribution in [2.75, 3.05) is 25.5 Å². The lowest BCUT2D eigenvalue weighted by Gasteiger charge is -2.29. The van der Waals surface area contributed by atoms with Crippen LogP contribution in [0.25, 0.3) is 0 Å². The smallest absolute Gasteiger partial charge is 0.233 e. The van der Waals surface area contributed by atoms with Crippen LogP contribution >= 0.6 is 0 Å². The van der Waals surface area contributed by atoms with Crippen molar-refractivity contribution < 1.29 is 9.59 Å². The van der Waals surface area contributed by atoms with Crippen molar-refractivity contribution in [1.29, 1.82) is 0 Å². The minimum absolute atomic E-state index is 0.00442. The third-order valence-corrected chi connectivity index (χ3v) is 4.31. The molecule has 2 heterocycles. The number of carbonyl (C=O) groups is 2. The van der Waals surface area contributed by atoms with E-state index < -0.39 is 5.92 Å². The van der Waals surface area contributed by atoms with E-state index in [0.29, 0.717) is 13.1 Å². The van der Waals surface area contributed by atoms with Gasteiger partial charge in [0.1, 0.15) is 11.7 Å². The second-order valence-electron chi connectivity index (χ2n) is 7.33. The summed E-state index contributed by atoms with van der Waals surface area (Å²) in [6, 6.07) is 3.79. The van der Waals surface area contributed by atoms with Crippen LogP contribution in [-0.2, 0) is 16.1 Å². The Morgan fingerprint density at radius 1 is 1.43 bits per heavy atom. The predicted octanol–water partition coefficient (Wildman–Crippen LogP) is 1.17. The van der Waals surface area contributed by atoms with Gasteiger partial charge in [0.2, 0.25) is 11.8 Å². The van der Waals surface area contributed by atoms with Crippen LogP contribution in [0.2, 0.25) is 0 Å². The molecular weight excluding hydrogens is 292 g/mol. The van der Waals surface area contributed by atoms with Crippen molar-refractivity contribution in [3.05, 3.63) is 23.9 Å². The summed E-state index contributed by atoms with van der Waals surface area (Å²) in [4.78, 5) is 30.7. The lowest BCUT2D eigenvalue weighted by atomic mass is 9.74. The van der Waals surface area contributed by atoms with Crippen molar-refractivity contribution in [2.24, 2.45) is 17.3 Å². The molecule has 1 fully saturated rings. The van der Waals surface area contributed by atoms with Gasteiger partial charge in [-0.1, -0.05) is 20.8 Å². The van der Waals surface area contributed by atoms with Crippen LogP contribution in [-0.4, -0.2) is 37.4 Å². The molecule has 126 valence electrons. The highest BCUT2D eigenvalue weighted by atomic mass is 16.2. The van der Waals surface area contributed by atoms with Crippen LogP contribution in [0, 0.1) is 17.3 Å². The molecule has 23 heavy (non-hydrogen) atoms. The molecule has 2 rings (SSSR count). The van der Waals surface area contributed by atoms with E-state index >= 15 is 0 Å². The molecule has 0 spiro atoms. The quantitative estimate of drug-likeness (QED) is 0.817. The third-order valence-electron chi connectivity index (χ3n) is 4.31. The maximum Gasteiger partial charge on any atom is 0.233 e. The largest absolute Gasteiger partial charge is 0.363 e. The zero-order valence-electron chi connectivity index (χ0n) is 14.5. The number of hydrogen-bond donors (Lipinski definition) is 2. The molecule has 2 atom stereocenters. The molecule has 0 bridgehead atoms. The summed E-state index contributed by atoms with van der Waals surface area (Å²) in [5, 5.41) is 5.71. The van der Waals surface area contributed by atoms with Gasteiger partial charge in [-0.25, -0.2) is 4.98 Å². The van der Waals surface area contributed by atoms with Crippen LogP contribution in [0.3, 0.4) is 0 Å². The summed E-state index contributed by atoms with van der Waals surface area (Å²) in [6.07, 6.45) is 1.72. The fourth-order valence-corrected chi connectivity index (χ4v) is 2.84. The Morgan fingerprint density at radius 2 is 2.13 bits per heavy atom. The van der Waals surface area contributed by atoms with Gasteiger partial charge in [0.15, 0.2) is 0 Å². The highest BCUT2D eigenvalue weighted by Gasteiger charge is 2.45. The van der Waals surface area contributed by atoms with E-state index in [1.807, 2.05) is 31.1 Å². The van der Waals surface area contributed by atoms with Crippen molar-refractivity contribution in [1.82, 2.24) is 15.6 Å². The maximum atomic E-state index is 12.5. The number of hydrogen-bond acceptors (Lipinski definition) is 4. The second-order valence-corrected chi connectivity index (χ2v) is 7.33. The van der Waals surface area contributed by atoms with Crippen molar-refractivity contribution in [3.63, 3.8) is 0 Å². The van der Waals surface area contributed by atoms with Gasteiger partial charge in [-0.2, -0.15) is 0 Å². The van der Waals surface area contributed by atoms with Gasteiger partial charge in [0.05, 0.1) is 0 Å². The van der Waals surface area contributed by atoms with Crippen LogP contribution in [0.1, 0.15) is 26.3 Å². The van der Waals surface area contributed by atoms with E-state index in [9.17, 15) is 9.59 Å². The van der Waals surface area contributed by atoms with Gasteiger partial charge in [0.25, 0.3) is 0 Å². The number of aromatic nitrogens is 1. The number of nitrogens with zero attached hydrogens (tertiary/aromatic N) is 2. The van der Waals surface area contributed by atoms with Crippen LogP contribution < -0.4 is 15.5 Å². The first-order chi connectivity index (χ1) is 10.7. The molecule has 2 amide bonds. The Hall–Kier alpha value is -2.11. The Bertz CT molecular complexity index is 593. The molecule has 1 saturated heterocycles.